The number of aliphatic carboxylic acids is 1. The Kier molecular flexibility index (Phi) is 12.3. The van der Waals surface area contributed by atoms with Crippen LogP contribution in [-0.4, -0.2) is 89.0 Å². The van der Waals surface area contributed by atoms with E-state index in [2.05, 4.69) is 32.7 Å². The Labute approximate surface area is 383 Å². The number of aliphatic hydroxyl groups excluding tert-OH is 1. The minimum Gasteiger partial charge on any atom is -0.481 e. The van der Waals surface area contributed by atoms with Crippen molar-refractivity contribution in [3.63, 3.8) is 0 Å². The van der Waals surface area contributed by atoms with Gasteiger partial charge in [-0.2, -0.15) is 0 Å². The molecule has 0 spiro atoms. The summed E-state index contributed by atoms with van der Waals surface area (Å²) in [4.78, 5) is 68.3. The smallest absolute Gasteiger partial charge is 0.306 e. The van der Waals surface area contributed by atoms with Crippen LogP contribution in [0.1, 0.15) is 107 Å². The van der Waals surface area contributed by atoms with Crippen molar-refractivity contribution in [2.45, 2.75) is 98.5 Å². The molecule has 0 saturated carbocycles. The third-order valence-corrected chi connectivity index (χ3v) is 15.2. The first kappa shape index (κ1) is 44.7. The maximum Gasteiger partial charge on any atom is 0.306 e. The lowest BCUT2D eigenvalue weighted by Gasteiger charge is -2.35. The molecule has 4 aromatic heterocycles. The van der Waals surface area contributed by atoms with Gasteiger partial charge in [0, 0.05) is 33.8 Å². The number of carbonyl (C=O) groups is 4. The largest absolute Gasteiger partial charge is 0.481 e. The number of β-amino-alcohol motifs (C(OH)–C–C–N with tert-alkyl or cyclic N) is 1. The number of aliphatic hydroxyl groups is 1. The van der Waals surface area contributed by atoms with Gasteiger partial charge in [-0.3, -0.25) is 28.7 Å². The van der Waals surface area contributed by atoms with E-state index in [0.717, 1.165) is 58.7 Å². The van der Waals surface area contributed by atoms with E-state index in [0.29, 0.717) is 22.2 Å². The summed E-state index contributed by atoms with van der Waals surface area (Å²) in [6.07, 6.45) is -1.06. The summed E-state index contributed by atoms with van der Waals surface area (Å²) < 4.78 is 1.92. The maximum atomic E-state index is 14.4. The van der Waals surface area contributed by atoms with Crippen LogP contribution in [0.4, 0.5) is 0 Å². The zero-order chi connectivity index (χ0) is 45.8. The second kappa shape index (κ2) is 17.6. The van der Waals surface area contributed by atoms with E-state index in [4.69, 9.17) is 4.99 Å². The van der Waals surface area contributed by atoms with Gasteiger partial charge in [-0.15, -0.1) is 44.2 Å². The van der Waals surface area contributed by atoms with Gasteiger partial charge >= 0.3 is 5.97 Å². The van der Waals surface area contributed by atoms with Crippen molar-refractivity contribution in [3.8, 4) is 25.9 Å². The zero-order valence-corrected chi connectivity index (χ0v) is 39.2. The normalized spacial score (nSPS) is 18.1. The lowest BCUT2D eigenvalue weighted by molar-refractivity contribution is -0.142. The number of likely N-dealkylation sites (tertiary alicyclic amines) is 1. The molecule has 14 nitrogen and oxygen atoms in total. The van der Waals surface area contributed by atoms with Crippen LogP contribution in [0, 0.1) is 33.1 Å². The van der Waals surface area contributed by atoms with Crippen molar-refractivity contribution in [2.24, 2.45) is 10.4 Å². The number of aliphatic imine (C=N–C) groups is 1. The molecule has 2 aromatic carbocycles. The molecular weight excluding hydrogens is 869 g/mol. The predicted molar refractivity (Wildman–Crippen MR) is 250 cm³/mol. The summed E-state index contributed by atoms with van der Waals surface area (Å²) in [6, 6.07) is 16.3. The molecule has 2 unspecified atom stereocenters. The van der Waals surface area contributed by atoms with Crippen molar-refractivity contribution >= 4 is 63.4 Å². The number of nitrogens with zero attached hydrogens (tertiary/aromatic N) is 6. The highest BCUT2D eigenvalue weighted by Gasteiger charge is 2.45. The van der Waals surface area contributed by atoms with Gasteiger partial charge in [-0.25, -0.2) is 4.98 Å². The molecule has 17 heteroatoms. The first-order valence-electron chi connectivity index (χ1n) is 21.0. The van der Waals surface area contributed by atoms with Crippen LogP contribution < -0.4 is 10.6 Å². The van der Waals surface area contributed by atoms with Gasteiger partial charge < -0.3 is 25.7 Å². The molecule has 1 fully saturated rings. The average Bonchev–Trinajstić information content (AvgIpc) is 4.10. The van der Waals surface area contributed by atoms with E-state index in [1.807, 2.05) is 113 Å². The van der Waals surface area contributed by atoms with Crippen LogP contribution in [0.25, 0.3) is 25.9 Å². The maximum absolute atomic E-state index is 14.4. The molecule has 3 amide bonds. The first-order chi connectivity index (χ1) is 30.4. The number of carbonyl (C=O) groups excluding carboxylic acids is 3. The van der Waals surface area contributed by atoms with Gasteiger partial charge in [0.25, 0.3) is 5.91 Å². The quantitative estimate of drug-likeness (QED) is 0.101. The number of thiophene rings is 2. The number of aromatic nitrogens is 4. The first-order valence-corrected chi connectivity index (χ1v) is 23.5. The fraction of sp³-hybridized carbons (Fsp3) is 0.362. The molecule has 64 heavy (non-hydrogen) atoms. The fourth-order valence-corrected chi connectivity index (χ4v) is 11.3. The highest BCUT2D eigenvalue weighted by Crippen LogP contribution is 2.40. The minimum absolute atomic E-state index is 0.0315. The number of carboxylic acids is 1. The number of aryl methyl sites for hydroxylation is 3. The molecule has 332 valence electrons. The van der Waals surface area contributed by atoms with E-state index >= 15 is 0 Å². The molecule has 8 rings (SSSR count). The summed E-state index contributed by atoms with van der Waals surface area (Å²) in [5.74, 6) is -1.09. The van der Waals surface area contributed by atoms with Gasteiger partial charge in [0.2, 0.25) is 11.8 Å². The van der Waals surface area contributed by atoms with Crippen molar-refractivity contribution in [3.05, 3.63) is 116 Å². The van der Waals surface area contributed by atoms with Crippen molar-refractivity contribution in [1.29, 1.82) is 0 Å². The van der Waals surface area contributed by atoms with Crippen LogP contribution in [0.2, 0.25) is 0 Å². The Hall–Kier alpha value is -5.88. The highest BCUT2D eigenvalue weighted by molar-refractivity contribution is 7.17. The molecule has 0 bridgehead atoms. The zero-order valence-electron chi connectivity index (χ0n) is 36.8. The van der Waals surface area contributed by atoms with Crippen LogP contribution in [0.15, 0.2) is 71.2 Å². The number of thiazole rings is 1. The lowest BCUT2D eigenvalue weighted by Crippen LogP contribution is -2.57. The molecule has 6 heterocycles. The van der Waals surface area contributed by atoms with Gasteiger partial charge in [-0.1, -0.05) is 69.3 Å². The van der Waals surface area contributed by atoms with Gasteiger partial charge in [0.15, 0.2) is 5.82 Å². The molecule has 2 aliphatic rings. The molecule has 2 aliphatic heterocycles. The number of hydrogen-bond donors (Lipinski definition) is 4. The number of rotatable bonds is 11. The summed E-state index contributed by atoms with van der Waals surface area (Å²) >= 11 is 4.46. The van der Waals surface area contributed by atoms with E-state index in [9.17, 15) is 29.4 Å². The van der Waals surface area contributed by atoms with E-state index in [1.54, 1.807) is 28.7 Å². The van der Waals surface area contributed by atoms with Crippen LogP contribution in [-0.2, 0) is 14.4 Å². The monoisotopic (exact) mass is 918 g/mol. The molecular formula is C47H50N8O6S3. The Morgan fingerprint density at radius 1 is 0.891 bits per heavy atom. The Bertz CT molecular complexity index is 2800. The summed E-state index contributed by atoms with van der Waals surface area (Å²) in [5, 5.41) is 36.1. The summed E-state index contributed by atoms with van der Waals surface area (Å²) in [6.45, 7) is 15.3. The van der Waals surface area contributed by atoms with Gasteiger partial charge in [0.1, 0.15) is 29.0 Å². The Balaban J connectivity index is 0.975. The standard InChI is InChI=1S/C47H50N8O6S3/c1-23-26(4)63-46-38(23)39(50-33(20-37(57)58)42-53-52-27(5)55(42)46)30-13-11-29(12-14-30)35-17-18-36(64-35)44(60)51-41(47(6,7)8)45(61)54-21-32(56)19-34(54)43(59)49-24(2)28-9-15-31(16-10-28)40-25(3)48-22-62-40/h9-18,22,24,32-34,41,56H,19-21H2,1-8H3,(H,49,59)(H,51,60)(H,57,58)/t24?,32-,33+,34+,41?/m1/s1. The molecule has 1 saturated heterocycles. The van der Waals surface area contributed by atoms with E-state index in [1.165, 1.54) is 16.2 Å². The third-order valence-electron chi connectivity index (χ3n) is 11.9. The second-order valence-corrected chi connectivity index (χ2v) is 20.7. The number of carboxylic acid groups (broad SMARTS) is 1. The van der Waals surface area contributed by atoms with Crippen LogP contribution in [0.5, 0.6) is 0 Å². The molecule has 0 aliphatic carbocycles. The summed E-state index contributed by atoms with van der Waals surface area (Å²) in [5.41, 5.74) is 8.29. The summed E-state index contributed by atoms with van der Waals surface area (Å²) in [7, 11) is 0. The van der Waals surface area contributed by atoms with Crippen LogP contribution >= 0.6 is 34.0 Å². The number of hydrogen-bond acceptors (Lipinski definition) is 12. The van der Waals surface area contributed by atoms with Gasteiger partial charge in [-0.05, 0) is 74.4 Å². The third kappa shape index (κ3) is 8.68. The Morgan fingerprint density at radius 2 is 1.58 bits per heavy atom. The topological polar surface area (TPSA) is 192 Å². The Morgan fingerprint density at radius 3 is 2.23 bits per heavy atom. The lowest BCUT2D eigenvalue weighted by atomic mass is 9.85. The second-order valence-electron chi connectivity index (χ2n) is 17.5. The van der Waals surface area contributed by atoms with Crippen molar-refractivity contribution < 1.29 is 29.4 Å². The number of amides is 3. The van der Waals surface area contributed by atoms with Gasteiger partial charge in [0.05, 0.1) is 45.2 Å². The van der Waals surface area contributed by atoms with E-state index < -0.39 is 47.4 Å². The number of benzene rings is 2. The molecule has 4 N–H and O–H groups in total. The van der Waals surface area contributed by atoms with E-state index in [-0.39, 0.29) is 31.3 Å². The fourth-order valence-electron chi connectivity index (χ4n) is 8.32. The minimum atomic E-state index is -0.998. The van der Waals surface area contributed by atoms with Crippen molar-refractivity contribution in [1.82, 2.24) is 35.3 Å². The number of fused-ring (bicyclic) bond motifs is 3. The SMILES string of the molecule is Cc1ncsc1-c1ccc(C(C)NC(=O)[C@@H]2C[C@@H](O)CN2C(=O)C(NC(=O)c2ccc(-c3ccc(C4=N[C@@H](CC(=O)O)c5nnc(C)n5-c5sc(C)c(C)c54)cc3)s2)C(C)(C)C)cc1. The molecule has 5 atom stereocenters. The van der Waals surface area contributed by atoms with Crippen molar-refractivity contribution in [2.75, 3.05) is 6.54 Å². The van der Waals surface area contributed by atoms with Crippen LogP contribution in [0.3, 0.4) is 0 Å². The predicted octanol–water partition coefficient (Wildman–Crippen LogP) is 7.76. The molecule has 6 aromatic rings. The number of nitrogens with one attached hydrogen (secondary N) is 2. The highest BCUT2D eigenvalue weighted by atomic mass is 32.1. The average molecular weight is 919 g/mol. The molecule has 0 radical (unpaired) electrons.